The Hall–Kier alpha value is 0.460. The second kappa shape index (κ2) is 5.37. The molecule has 72 valence electrons. The standard InChI is InChI=1S/C9H9Br3O/c10-3-6-1-2-9(13)8(5-12)7(6)4-11/h1-2,13H,3-5H2. The lowest BCUT2D eigenvalue weighted by Crippen LogP contribution is -1.94. The lowest BCUT2D eigenvalue weighted by Gasteiger charge is -2.10. The largest absolute Gasteiger partial charge is 0.508 e. The minimum Gasteiger partial charge on any atom is -0.508 e. The quantitative estimate of drug-likeness (QED) is 0.793. The Balaban J connectivity index is 3.27. The second-order valence-electron chi connectivity index (χ2n) is 2.60. The highest BCUT2D eigenvalue weighted by Gasteiger charge is 2.09. The van der Waals surface area contributed by atoms with Gasteiger partial charge in [0.2, 0.25) is 0 Å². The number of phenols is 1. The second-order valence-corrected chi connectivity index (χ2v) is 4.28. The first-order valence-corrected chi connectivity index (χ1v) is 7.11. The van der Waals surface area contributed by atoms with E-state index in [0.717, 1.165) is 21.8 Å². The molecule has 1 rings (SSSR count). The number of phenolic OH excluding ortho intramolecular Hbond substituents is 1. The topological polar surface area (TPSA) is 20.2 Å². The highest BCUT2D eigenvalue weighted by Crippen LogP contribution is 2.29. The molecule has 13 heavy (non-hydrogen) atoms. The molecule has 0 heterocycles. The zero-order valence-electron chi connectivity index (χ0n) is 6.86. The fourth-order valence-electron chi connectivity index (χ4n) is 1.17. The summed E-state index contributed by atoms with van der Waals surface area (Å²) in [6.07, 6.45) is 0. The molecule has 0 spiro atoms. The van der Waals surface area contributed by atoms with Gasteiger partial charge >= 0.3 is 0 Å². The van der Waals surface area contributed by atoms with Gasteiger partial charge in [-0.15, -0.1) is 0 Å². The molecule has 0 aliphatic carbocycles. The average molecular weight is 373 g/mol. The van der Waals surface area contributed by atoms with E-state index in [2.05, 4.69) is 47.8 Å². The predicted molar refractivity (Wildman–Crippen MR) is 66.0 cm³/mol. The van der Waals surface area contributed by atoms with Crippen molar-refractivity contribution in [1.29, 1.82) is 0 Å². The molecular formula is C9H9Br3O. The van der Waals surface area contributed by atoms with Gasteiger partial charge in [-0.25, -0.2) is 0 Å². The van der Waals surface area contributed by atoms with E-state index in [1.807, 2.05) is 6.07 Å². The average Bonchev–Trinajstić information content (AvgIpc) is 2.17. The summed E-state index contributed by atoms with van der Waals surface area (Å²) in [6, 6.07) is 3.67. The number of benzene rings is 1. The SMILES string of the molecule is Oc1ccc(CBr)c(CBr)c1CBr. The van der Waals surface area contributed by atoms with Crippen molar-refractivity contribution in [3.8, 4) is 5.75 Å². The first-order chi connectivity index (χ1) is 6.24. The van der Waals surface area contributed by atoms with Gasteiger partial charge in [0.1, 0.15) is 5.75 Å². The molecule has 0 amide bonds. The summed E-state index contributed by atoms with van der Waals surface area (Å²) in [5, 5.41) is 11.8. The molecule has 0 saturated heterocycles. The molecule has 0 atom stereocenters. The molecule has 1 nitrogen and oxygen atoms in total. The monoisotopic (exact) mass is 370 g/mol. The minimum absolute atomic E-state index is 0.357. The number of halogens is 3. The van der Waals surface area contributed by atoms with Crippen LogP contribution in [0.5, 0.6) is 5.75 Å². The summed E-state index contributed by atoms with van der Waals surface area (Å²) in [5.74, 6) is 0.357. The van der Waals surface area contributed by atoms with E-state index in [1.54, 1.807) is 6.07 Å². The number of aromatic hydroxyl groups is 1. The van der Waals surface area contributed by atoms with Gasteiger partial charge in [-0.05, 0) is 17.2 Å². The molecule has 0 unspecified atom stereocenters. The highest BCUT2D eigenvalue weighted by molar-refractivity contribution is 9.09. The summed E-state index contributed by atoms with van der Waals surface area (Å²) in [6.45, 7) is 0. The normalized spacial score (nSPS) is 10.4. The van der Waals surface area contributed by atoms with Crippen LogP contribution in [0.15, 0.2) is 12.1 Å². The van der Waals surface area contributed by atoms with E-state index in [0.29, 0.717) is 11.1 Å². The van der Waals surface area contributed by atoms with E-state index in [-0.39, 0.29) is 0 Å². The van der Waals surface area contributed by atoms with Gasteiger partial charge in [0.15, 0.2) is 0 Å². The van der Waals surface area contributed by atoms with Crippen molar-refractivity contribution in [3.05, 3.63) is 28.8 Å². The number of rotatable bonds is 3. The molecule has 0 bridgehead atoms. The molecule has 0 aliphatic rings. The molecule has 4 heteroatoms. The van der Waals surface area contributed by atoms with Gasteiger partial charge < -0.3 is 5.11 Å². The molecule has 0 fully saturated rings. The van der Waals surface area contributed by atoms with Crippen LogP contribution in [0.25, 0.3) is 0 Å². The molecule has 1 aromatic carbocycles. The molecule has 0 radical (unpaired) electrons. The smallest absolute Gasteiger partial charge is 0.119 e. The van der Waals surface area contributed by atoms with Gasteiger partial charge in [0, 0.05) is 21.6 Å². The third-order valence-electron chi connectivity index (χ3n) is 1.91. The Kier molecular flexibility index (Phi) is 4.76. The van der Waals surface area contributed by atoms with Crippen molar-refractivity contribution in [1.82, 2.24) is 0 Å². The van der Waals surface area contributed by atoms with E-state index in [9.17, 15) is 5.11 Å². The van der Waals surface area contributed by atoms with Gasteiger partial charge in [-0.1, -0.05) is 53.9 Å². The van der Waals surface area contributed by atoms with Crippen LogP contribution in [-0.4, -0.2) is 5.11 Å². The zero-order chi connectivity index (χ0) is 9.84. The maximum Gasteiger partial charge on any atom is 0.119 e. The fourth-order valence-corrected chi connectivity index (χ4v) is 3.02. The van der Waals surface area contributed by atoms with E-state index in [1.165, 1.54) is 5.56 Å². The van der Waals surface area contributed by atoms with Crippen LogP contribution in [0.2, 0.25) is 0 Å². The maximum absolute atomic E-state index is 9.58. The summed E-state index contributed by atoms with van der Waals surface area (Å²) in [7, 11) is 0. The molecule has 0 saturated carbocycles. The molecule has 0 aromatic heterocycles. The van der Waals surface area contributed by atoms with Gasteiger partial charge in [-0.2, -0.15) is 0 Å². The van der Waals surface area contributed by atoms with Crippen molar-refractivity contribution < 1.29 is 5.11 Å². The third-order valence-corrected chi connectivity index (χ3v) is 3.64. The first-order valence-electron chi connectivity index (χ1n) is 3.75. The summed E-state index contributed by atoms with van der Waals surface area (Å²) in [5.41, 5.74) is 3.34. The molecule has 1 N–H and O–H groups in total. The summed E-state index contributed by atoms with van der Waals surface area (Å²) in [4.78, 5) is 0. The van der Waals surface area contributed by atoms with Gasteiger partial charge in [0.05, 0.1) is 0 Å². The van der Waals surface area contributed by atoms with E-state index < -0.39 is 0 Å². The zero-order valence-corrected chi connectivity index (χ0v) is 11.6. The third kappa shape index (κ3) is 2.48. The molecular weight excluding hydrogens is 364 g/mol. The Labute approximate surface area is 103 Å². The number of alkyl halides is 3. The van der Waals surface area contributed by atoms with E-state index in [4.69, 9.17) is 0 Å². The van der Waals surface area contributed by atoms with Crippen LogP contribution in [0.3, 0.4) is 0 Å². The van der Waals surface area contributed by atoms with Crippen LogP contribution < -0.4 is 0 Å². The van der Waals surface area contributed by atoms with E-state index >= 15 is 0 Å². The van der Waals surface area contributed by atoms with Crippen LogP contribution in [-0.2, 0) is 16.0 Å². The lowest BCUT2D eigenvalue weighted by atomic mass is 10.0. The Morgan fingerprint density at radius 1 is 0.923 bits per heavy atom. The molecule has 1 aromatic rings. The lowest BCUT2D eigenvalue weighted by molar-refractivity contribution is 0.470. The fraction of sp³-hybridized carbons (Fsp3) is 0.333. The number of hydrogen-bond donors (Lipinski definition) is 1. The van der Waals surface area contributed by atoms with Crippen LogP contribution in [0.4, 0.5) is 0 Å². The van der Waals surface area contributed by atoms with Gasteiger partial charge in [0.25, 0.3) is 0 Å². The van der Waals surface area contributed by atoms with Crippen molar-refractivity contribution in [2.45, 2.75) is 16.0 Å². The molecule has 0 aliphatic heterocycles. The van der Waals surface area contributed by atoms with Crippen LogP contribution >= 0.6 is 47.8 Å². The van der Waals surface area contributed by atoms with Crippen molar-refractivity contribution in [2.24, 2.45) is 0 Å². The Morgan fingerprint density at radius 2 is 1.54 bits per heavy atom. The van der Waals surface area contributed by atoms with Crippen molar-refractivity contribution in [3.63, 3.8) is 0 Å². The minimum atomic E-state index is 0.357. The maximum atomic E-state index is 9.58. The summed E-state index contributed by atoms with van der Waals surface area (Å²) < 4.78 is 0. The Morgan fingerprint density at radius 3 is 2.00 bits per heavy atom. The Bertz CT molecular complexity index is 299. The van der Waals surface area contributed by atoms with Crippen molar-refractivity contribution in [2.75, 3.05) is 0 Å². The van der Waals surface area contributed by atoms with Gasteiger partial charge in [-0.3, -0.25) is 0 Å². The van der Waals surface area contributed by atoms with Crippen LogP contribution in [0, 0.1) is 0 Å². The predicted octanol–water partition coefficient (Wildman–Crippen LogP) is 4.08. The highest BCUT2D eigenvalue weighted by atomic mass is 79.9. The van der Waals surface area contributed by atoms with Crippen LogP contribution in [0.1, 0.15) is 16.7 Å². The first kappa shape index (κ1) is 11.5. The van der Waals surface area contributed by atoms with Crippen molar-refractivity contribution >= 4 is 47.8 Å². The summed E-state index contributed by atoms with van der Waals surface area (Å²) >= 11 is 10.2. The number of hydrogen-bond acceptors (Lipinski definition) is 1.